The van der Waals surface area contributed by atoms with Gasteiger partial charge in [-0.15, -0.1) is 12.4 Å². The molecule has 2 atom stereocenters. The van der Waals surface area contributed by atoms with Crippen molar-refractivity contribution in [3.8, 4) is 5.75 Å². The standard InChI is InChI=1S/C19H28N2O5.ClH/c1-6-25-15-10-19(20,18(15,3)4)17(23)21-14-8-7-13(9-12(14)2)26-11-16(22)24-5;/h7-9,15H,6,10-11,20H2,1-5H3,(H,21,23);1H. The zero-order valence-electron chi connectivity index (χ0n) is 16.5. The first-order valence-electron chi connectivity index (χ1n) is 8.68. The molecule has 0 radical (unpaired) electrons. The normalized spacial score (nSPS) is 22.8. The van der Waals surface area contributed by atoms with Gasteiger partial charge in [0.2, 0.25) is 5.91 Å². The predicted molar refractivity (Wildman–Crippen MR) is 105 cm³/mol. The van der Waals surface area contributed by atoms with Crippen LogP contribution in [0, 0.1) is 12.3 Å². The number of ether oxygens (including phenoxy) is 3. The fourth-order valence-electron chi connectivity index (χ4n) is 3.12. The number of aryl methyl sites for hydroxylation is 1. The van der Waals surface area contributed by atoms with Crippen molar-refractivity contribution >= 4 is 30.0 Å². The molecule has 152 valence electrons. The number of anilines is 1. The minimum absolute atomic E-state index is 0. The van der Waals surface area contributed by atoms with Crippen LogP contribution in [0.1, 0.15) is 32.8 Å². The first-order chi connectivity index (χ1) is 12.2. The third kappa shape index (κ3) is 4.54. The van der Waals surface area contributed by atoms with Crippen LogP contribution in [0.25, 0.3) is 0 Å². The molecule has 0 aliphatic heterocycles. The third-order valence-corrected chi connectivity index (χ3v) is 5.27. The van der Waals surface area contributed by atoms with Crippen LogP contribution in [0.2, 0.25) is 0 Å². The third-order valence-electron chi connectivity index (χ3n) is 5.27. The molecule has 1 aromatic rings. The Balaban J connectivity index is 0.00000364. The van der Waals surface area contributed by atoms with E-state index in [0.29, 0.717) is 24.5 Å². The summed E-state index contributed by atoms with van der Waals surface area (Å²) in [6.45, 7) is 8.11. The van der Waals surface area contributed by atoms with E-state index in [0.717, 1.165) is 5.56 Å². The molecule has 2 rings (SSSR count). The SMILES string of the molecule is CCOC1CC(N)(C(=O)Nc2ccc(OCC(=O)OC)cc2C)C1(C)C.Cl. The molecule has 2 unspecified atom stereocenters. The Hall–Kier alpha value is -1.83. The zero-order chi connectivity index (χ0) is 19.5. The Morgan fingerprint density at radius 3 is 2.52 bits per heavy atom. The minimum Gasteiger partial charge on any atom is -0.482 e. The van der Waals surface area contributed by atoms with E-state index < -0.39 is 16.9 Å². The number of benzene rings is 1. The smallest absolute Gasteiger partial charge is 0.343 e. The first-order valence-corrected chi connectivity index (χ1v) is 8.68. The maximum Gasteiger partial charge on any atom is 0.343 e. The van der Waals surface area contributed by atoms with E-state index in [4.69, 9.17) is 15.2 Å². The molecule has 0 saturated heterocycles. The Bertz CT molecular complexity index is 695. The average Bonchev–Trinajstić information content (AvgIpc) is 2.61. The number of amides is 1. The summed E-state index contributed by atoms with van der Waals surface area (Å²) in [6.07, 6.45) is 0.456. The number of rotatable bonds is 7. The summed E-state index contributed by atoms with van der Waals surface area (Å²) in [5, 5.41) is 2.91. The van der Waals surface area contributed by atoms with Gasteiger partial charge in [0.15, 0.2) is 6.61 Å². The van der Waals surface area contributed by atoms with Crippen molar-refractivity contribution in [3.63, 3.8) is 0 Å². The molecule has 8 heteroatoms. The quantitative estimate of drug-likeness (QED) is 0.682. The highest BCUT2D eigenvalue weighted by Gasteiger charge is 2.62. The van der Waals surface area contributed by atoms with Crippen molar-refractivity contribution in [1.29, 1.82) is 0 Å². The lowest BCUT2D eigenvalue weighted by Crippen LogP contribution is -2.74. The number of esters is 1. The maximum atomic E-state index is 12.8. The van der Waals surface area contributed by atoms with Crippen molar-refractivity contribution in [2.75, 3.05) is 25.6 Å². The van der Waals surface area contributed by atoms with Gasteiger partial charge in [-0.25, -0.2) is 4.79 Å². The van der Waals surface area contributed by atoms with Crippen molar-refractivity contribution in [3.05, 3.63) is 23.8 Å². The molecular formula is C19H29ClN2O5. The van der Waals surface area contributed by atoms with E-state index in [1.54, 1.807) is 18.2 Å². The molecular weight excluding hydrogens is 372 g/mol. The van der Waals surface area contributed by atoms with E-state index in [9.17, 15) is 9.59 Å². The summed E-state index contributed by atoms with van der Waals surface area (Å²) in [5.41, 5.74) is 6.42. The van der Waals surface area contributed by atoms with Gasteiger partial charge in [-0.2, -0.15) is 0 Å². The lowest BCUT2D eigenvalue weighted by atomic mass is 9.54. The number of halogens is 1. The Morgan fingerprint density at radius 1 is 1.33 bits per heavy atom. The predicted octanol–water partition coefficient (Wildman–Crippen LogP) is 2.44. The van der Waals surface area contributed by atoms with E-state index in [2.05, 4.69) is 10.1 Å². The lowest BCUT2D eigenvalue weighted by molar-refractivity contribution is -0.166. The maximum absolute atomic E-state index is 12.8. The van der Waals surface area contributed by atoms with Crippen molar-refractivity contribution in [1.82, 2.24) is 0 Å². The number of carbonyl (C=O) groups is 2. The Morgan fingerprint density at radius 2 is 2.00 bits per heavy atom. The molecule has 1 aromatic carbocycles. The molecule has 0 heterocycles. The van der Waals surface area contributed by atoms with Gasteiger partial charge < -0.3 is 25.3 Å². The zero-order valence-corrected chi connectivity index (χ0v) is 17.3. The van der Waals surface area contributed by atoms with E-state index >= 15 is 0 Å². The summed E-state index contributed by atoms with van der Waals surface area (Å²) < 4.78 is 15.5. The summed E-state index contributed by atoms with van der Waals surface area (Å²) in [4.78, 5) is 23.9. The molecule has 1 aliphatic rings. The largest absolute Gasteiger partial charge is 0.482 e. The van der Waals surface area contributed by atoms with Crippen molar-refractivity contribution in [2.24, 2.45) is 11.1 Å². The van der Waals surface area contributed by atoms with E-state index in [-0.39, 0.29) is 31.0 Å². The van der Waals surface area contributed by atoms with Crippen LogP contribution in [0.3, 0.4) is 0 Å². The molecule has 27 heavy (non-hydrogen) atoms. The Labute approximate surface area is 166 Å². The number of carbonyl (C=O) groups excluding carboxylic acids is 2. The van der Waals surface area contributed by atoms with Crippen LogP contribution in [-0.2, 0) is 19.1 Å². The van der Waals surface area contributed by atoms with Crippen LogP contribution < -0.4 is 15.8 Å². The van der Waals surface area contributed by atoms with Crippen molar-refractivity contribution in [2.45, 2.75) is 45.8 Å². The van der Waals surface area contributed by atoms with Crippen LogP contribution in [0.4, 0.5) is 5.69 Å². The number of methoxy groups -OCH3 is 1. The molecule has 1 aliphatic carbocycles. The van der Waals surface area contributed by atoms with Crippen LogP contribution in [0.5, 0.6) is 5.75 Å². The second kappa shape index (κ2) is 8.91. The summed E-state index contributed by atoms with van der Waals surface area (Å²) in [7, 11) is 1.30. The van der Waals surface area contributed by atoms with Gasteiger partial charge >= 0.3 is 5.97 Å². The van der Waals surface area contributed by atoms with E-state index in [1.165, 1.54) is 7.11 Å². The number of hydrogen-bond donors (Lipinski definition) is 2. The molecule has 1 fully saturated rings. The molecule has 3 N–H and O–H groups in total. The molecule has 1 saturated carbocycles. The fourth-order valence-corrected chi connectivity index (χ4v) is 3.12. The molecule has 0 spiro atoms. The van der Waals surface area contributed by atoms with E-state index in [1.807, 2.05) is 27.7 Å². The lowest BCUT2D eigenvalue weighted by Gasteiger charge is -2.57. The van der Waals surface area contributed by atoms with Gasteiger partial charge in [-0.3, -0.25) is 4.79 Å². The monoisotopic (exact) mass is 400 g/mol. The van der Waals surface area contributed by atoms with Gasteiger partial charge in [-0.05, 0) is 37.6 Å². The minimum atomic E-state index is -0.987. The number of hydrogen-bond acceptors (Lipinski definition) is 6. The first kappa shape index (κ1) is 23.2. The fraction of sp³-hybridized carbons (Fsp3) is 0.579. The molecule has 1 amide bonds. The number of nitrogens with one attached hydrogen (secondary N) is 1. The highest BCUT2D eigenvalue weighted by Crippen LogP contribution is 2.50. The van der Waals surface area contributed by atoms with Gasteiger partial charge in [-0.1, -0.05) is 13.8 Å². The summed E-state index contributed by atoms with van der Waals surface area (Å²) in [5.74, 6) is -0.167. The van der Waals surface area contributed by atoms with Gasteiger partial charge in [0.05, 0.1) is 13.2 Å². The van der Waals surface area contributed by atoms with Crippen LogP contribution in [-0.4, -0.2) is 43.8 Å². The molecule has 0 aromatic heterocycles. The van der Waals surface area contributed by atoms with Gasteiger partial charge in [0, 0.05) is 24.1 Å². The van der Waals surface area contributed by atoms with Gasteiger partial charge in [0.25, 0.3) is 0 Å². The highest BCUT2D eigenvalue weighted by atomic mass is 35.5. The van der Waals surface area contributed by atoms with Crippen LogP contribution >= 0.6 is 12.4 Å². The molecule has 0 bridgehead atoms. The summed E-state index contributed by atoms with van der Waals surface area (Å²) >= 11 is 0. The van der Waals surface area contributed by atoms with Gasteiger partial charge in [0.1, 0.15) is 11.3 Å². The second-order valence-corrected chi connectivity index (χ2v) is 7.14. The second-order valence-electron chi connectivity index (χ2n) is 7.14. The molecule has 7 nitrogen and oxygen atoms in total. The van der Waals surface area contributed by atoms with Crippen LogP contribution in [0.15, 0.2) is 18.2 Å². The van der Waals surface area contributed by atoms with Crippen molar-refractivity contribution < 1.29 is 23.8 Å². The Kier molecular flexibility index (Phi) is 7.66. The highest BCUT2D eigenvalue weighted by molar-refractivity contribution is 6.00. The topological polar surface area (TPSA) is 99.9 Å². The summed E-state index contributed by atoms with van der Waals surface area (Å²) in [6, 6.07) is 5.16. The average molecular weight is 401 g/mol. The number of nitrogens with two attached hydrogens (primary N) is 1.